The first-order valence-electron chi connectivity index (χ1n) is 14.9. The lowest BCUT2D eigenvalue weighted by atomic mass is 10.0. The monoisotopic (exact) mass is 672 g/mol. The second kappa shape index (κ2) is 16.0. The van der Waals surface area contributed by atoms with Gasteiger partial charge in [0.15, 0.2) is 0 Å². The Morgan fingerprint density at radius 3 is 1.37 bits per heavy atom. The van der Waals surface area contributed by atoms with Gasteiger partial charge in [-0.05, 0) is 37.8 Å². The van der Waals surface area contributed by atoms with Crippen LogP contribution in [0.15, 0.2) is 48.5 Å². The summed E-state index contributed by atoms with van der Waals surface area (Å²) in [6, 6.07) is 10.5. The summed E-state index contributed by atoms with van der Waals surface area (Å²) in [5.74, 6) is -2.62. The number of para-hydroxylation sites is 2. The number of aliphatic carboxylic acids is 2. The molecule has 0 radical (unpaired) electrons. The number of carbonyl (C=O) groups excluding carboxylic acids is 4. The highest BCUT2D eigenvalue weighted by atomic mass is 33.1. The number of carbonyl (C=O) groups is 6. The fraction of sp³-hybridized carbons (Fsp3) is 0.438. The number of esters is 2. The molecule has 4 unspecified atom stereocenters. The minimum absolute atomic E-state index is 0.0594. The number of carboxylic acid groups (broad SMARTS) is 2. The lowest BCUT2D eigenvalue weighted by Gasteiger charge is -2.30. The highest BCUT2D eigenvalue weighted by Gasteiger charge is 2.43. The predicted octanol–water partition coefficient (Wildman–Crippen LogP) is 4.63. The number of likely N-dealkylation sites (tertiary alicyclic amines) is 2. The summed E-state index contributed by atoms with van der Waals surface area (Å²) < 4.78 is 10.6. The van der Waals surface area contributed by atoms with E-state index in [2.05, 4.69) is 0 Å². The molecule has 0 spiro atoms. The molecule has 2 saturated heterocycles. The summed E-state index contributed by atoms with van der Waals surface area (Å²) in [5.41, 5.74) is 1.15. The first kappa shape index (κ1) is 34.8. The van der Waals surface area contributed by atoms with Crippen LogP contribution in [0.25, 0.3) is 0 Å². The second-order valence-electron chi connectivity index (χ2n) is 10.9. The van der Waals surface area contributed by atoms with Crippen LogP contribution in [-0.4, -0.2) is 79.3 Å². The molecular weight excluding hydrogens is 636 g/mol. The lowest BCUT2D eigenvalue weighted by molar-refractivity contribution is -0.149. The molecule has 46 heavy (non-hydrogen) atoms. The van der Waals surface area contributed by atoms with Crippen molar-refractivity contribution in [2.24, 2.45) is 0 Å². The number of hydrogen-bond donors (Lipinski definition) is 2. The van der Waals surface area contributed by atoms with Crippen molar-refractivity contribution < 1.29 is 48.5 Å². The molecule has 2 heterocycles. The first-order valence-corrected chi connectivity index (χ1v) is 17.4. The van der Waals surface area contributed by atoms with E-state index in [0.717, 1.165) is 0 Å². The summed E-state index contributed by atoms with van der Waals surface area (Å²) >= 11 is 0. The lowest BCUT2D eigenvalue weighted by Crippen LogP contribution is -2.42. The number of ether oxygens (including phenoxy) is 2. The summed E-state index contributed by atoms with van der Waals surface area (Å²) in [7, 11) is 2.73. The third kappa shape index (κ3) is 8.40. The minimum Gasteiger partial charge on any atom is -0.480 e. The molecular formula is C32H36N2O10S2. The molecule has 0 saturated carbocycles. The first-order chi connectivity index (χ1) is 22.0. The Morgan fingerprint density at radius 1 is 0.652 bits per heavy atom. The zero-order valence-corrected chi connectivity index (χ0v) is 27.1. The van der Waals surface area contributed by atoms with E-state index in [4.69, 9.17) is 9.47 Å². The molecule has 4 rings (SSSR count). The minimum atomic E-state index is -1.10. The van der Waals surface area contributed by atoms with Gasteiger partial charge in [-0.3, -0.25) is 19.2 Å². The SMILES string of the molecule is CC(=O)Oc1ccccc1C1CCC(C(=O)O)N1C(=O)CCSSCCC(=O)N1C(C(=O)O)CCC1c1ccccc1OC(C)=O. The van der Waals surface area contributed by atoms with E-state index in [1.54, 1.807) is 48.5 Å². The topological polar surface area (TPSA) is 168 Å². The highest BCUT2D eigenvalue weighted by Crippen LogP contribution is 2.42. The van der Waals surface area contributed by atoms with Crippen LogP contribution in [0, 0.1) is 0 Å². The van der Waals surface area contributed by atoms with E-state index in [1.807, 2.05) is 0 Å². The zero-order valence-electron chi connectivity index (χ0n) is 25.5. The van der Waals surface area contributed by atoms with Crippen molar-refractivity contribution in [2.75, 3.05) is 11.5 Å². The van der Waals surface area contributed by atoms with Crippen LogP contribution in [-0.2, 0) is 28.8 Å². The van der Waals surface area contributed by atoms with E-state index in [1.165, 1.54) is 45.2 Å². The van der Waals surface area contributed by atoms with Crippen LogP contribution in [0.4, 0.5) is 0 Å². The summed E-state index contributed by atoms with van der Waals surface area (Å²) in [4.78, 5) is 76.7. The maximum Gasteiger partial charge on any atom is 0.326 e. The number of carboxylic acids is 2. The number of rotatable bonds is 13. The van der Waals surface area contributed by atoms with Gasteiger partial charge in [-0.1, -0.05) is 58.0 Å². The number of benzene rings is 2. The molecule has 2 aromatic carbocycles. The van der Waals surface area contributed by atoms with Gasteiger partial charge < -0.3 is 29.5 Å². The largest absolute Gasteiger partial charge is 0.480 e. The Kier molecular flexibility index (Phi) is 12.1. The van der Waals surface area contributed by atoms with E-state index in [-0.39, 0.29) is 37.5 Å². The Labute approximate surface area is 274 Å². The standard InChI is InChI=1S/C32H36N2O10S2/c1-19(35)43-27-9-5-3-7-21(27)23-11-13-25(31(39)40)33(23)29(37)15-17-45-46-18-16-30(38)34-24(12-14-26(34)32(41)42)22-8-4-6-10-28(22)44-20(2)36/h3-10,23-26H,11-18H2,1-2H3,(H,39,40)(H,41,42). The fourth-order valence-electron chi connectivity index (χ4n) is 6.05. The van der Waals surface area contributed by atoms with Gasteiger partial charge in [0.25, 0.3) is 0 Å². The van der Waals surface area contributed by atoms with E-state index in [0.29, 0.717) is 47.0 Å². The van der Waals surface area contributed by atoms with Crippen molar-refractivity contribution in [3.05, 3.63) is 59.7 Å². The van der Waals surface area contributed by atoms with Gasteiger partial charge in [0.2, 0.25) is 11.8 Å². The van der Waals surface area contributed by atoms with Gasteiger partial charge in [0.1, 0.15) is 23.6 Å². The van der Waals surface area contributed by atoms with Gasteiger partial charge in [-0.2, -0.15) is 0 Å². The molecule has 0 aliphatic carbocycles. The Bertz CT molecular complexity index is 1370. The van der Waals surface area contributed by atoms with Gasteiger partial charge in [0.05, 0.1) is 12.1 Å². The van der Waals surface area contributed by atoms with E-state index >= 15 is 0 Å². The summed E-state index contributed by atoms with van der Waals surface area (Å²) in [6.07, 6.45) is 1.47. The molecule has 2 N–H and O–H groups in total. The van der Waals surface area contributed by atoms with E-state index in [9.17, 15) is 39.0 Å². The molecule has 2 aromatic rings. The average molecular weight is 673 g/mol. The normalized spacial score (nSPS) is 20.7. The van der Waals surface area contributed by atoms with Crippen molar-refractivity contribution in [3.63, 3.8) is 0 Å². The molecule has 0 aromatic heterocycles. The maximum atomic E-state index is 13.3. The van der Waals surface area contributed by atoms with Crippen LogP contribution >= 0.6 is 21.6 Å². The third-order valence-electron chi connectivity index (χ3n) is 7.86. The van der Waals surface area contributed by atoms with Crippen LogP contribution in [0.5, 0.6) is 11.5 Å². The average Bonchev–Trinajstić information content (AvgIpc) is 3.64. The van der Waals surface area contributed by atoms with Gasteiger partial charge in [0, 0.05) is 49.3 Å². The molecule has 4 atom stereocenters. The highest BCUT2D eigenvalue weighted by molar-refractivity contribution is 8.76. The van der Waals surface area contributed by atoms with Crippen molar-refractivity contribution >= 4 is 57.3 Å². The maximum absolute atomic E-state index is 13.3. The summed E-state index contributed by atoms with van der Waals surface area (Å²) in [6.45, 7) is 2.55. The van der Waals surface area contributed by atoms with Crippen molar-refractivity contribution in [1.82, 2.24) is 9.80 Å². The summed E-state index contributed by atoms with van der Waals surface area (Å²) in [5, 5.41) is 19.6. The third-order valence-corrected chi connectivity index (χ3v) is 10.3. The predicted molar refractivity (Wildman–Crippen MR) is 170 cm³/mol. The number of amides is 2. The second-order valence-corrected chi connectivity index (χ2v) is 13.6. The Hall–Kier alpha value is -4.04. The van der Waals surface area contributed by atoms with Crippen molar-refractivity contribution in [1.29, 1.82) is 0 Å². The Balaban J connectivity index is 1.33. The molecule has 2 fully saturated rings. The molecule has 2 amide bonds. The molecule has 14 heteroatoms. The van der Waals surface area contributed by atoms with Gasteiger partial charge in [-0.15, -0.1) is 0 Å². The smallest absolute Gasteiger partial charge is 0.326 e. The van der Waals surface area contributed by atoms with Crippen LogP contribution in [0.1, 0.15) is 75.6 Å². The fourth-order valence-corrected chi connectivity index (χ4v) is 8.01. The Morgan fingerprint density at radius 2 is 1.02 bits per heavy atom. The number of hydrogen-bond acceptors (Lipinski definition) is 10. The van der Waals surface area contributed by atoms with E-state index < -0.39 is 48.0 Å². The quantitative estimate of drug-likeness (QED) is 0.131. The molecule has 0 bridgehead atoms. The van der Waals surface area contributed by atoms with Crippen LogP contribution in [0.2, 0.25) is 0 Å². The van der Waals surface area contributed by atoms with Crippen molar-refractivity contribution in [2.45, 2.75) is 76.5 Å². The molecule has 12 nitrogen and oxygen atoms in total. The van der Waals surface area contributed by atoms with Gasteiger partial charge >= 0.3 is 23.9 Å². The van der Waals surface area contributed by atoms with Crippen molar-refractivity contribution in [3.8, 4) is 11.5 Å². The molecule has 2 aliphatic heterocycles. The van der Waals surface area contributed by atoms with Crippen LogP contribution in [0.3, 0.4) is 0 Å². The molecule has 2 aliphatic rings. The number of nitrogens with zero attached hydrogens (tertiary/aromatic N) is 2. The van der Waals surface area contributed by atoms with Gasteiger partial charge in [-0.25, -0.2) is 9.59 Å². The molecule has 246 valence electrons. The zero-order chi connectivity index (χ0) is 33.4. The van der Waals surface area contributed by atoms with Crippen LogP contribution < -0.4 is 9.47 Å².